The normalized spacial score (nSPS) is 13.7. The molecule has 1 heterocycles. The van der Waals surface area contributed by atoms with Crippen molar-refractivity contribution in [2.24, 2.45) is 5.92 Å². The molecule has 1 fully saturated rings. The summed E-state index contributed by atoms with van der Waals surface area (Å²) in [5, 5.41) is 0. The number of nitrogens with zero attached hydrogens (tertiary/aromatic N) is 2. The molecule has 5 nitrogen and oxygen atoms in total. The first kappa shape index (κ1) is 19.9. The maximum Gasteiger partial charge on any atom is 0.260 e. The van der Waals surface area contributed by atoms with E-state index in [0.717, 1.165) is 18.5 Å². The zero-order valence-electron chi connectivity index (χ0n) is 16.0. The van der Waals surface area contributed by atoms with Crippen molar-refractivity contribution in [1.29, 1.82) is 0 Å². The molecule has 0 spiro atoms. The molecule has 0 radical (unpaired) electrons. The molecule has 0 atom stereocenters. The van der Waals surface area contributed by atoms with Gasteiger partial charge >= 0.3 is 0 Å². The van der Waals surface area contributed by atoms with Crippen LogP contribution in [-0.2, 0) is 9.59 Å². The van der Waals surface area contributed by atoms with Crippen LogP contribution in [0.15, 0.2) is 54.6 Å². The number of ether oxygens (including phenoxy) is 1. The molecule has 1 saturated heterocycles. The average molecular weight is 384 g/mol. The summed E-state index contributed by atoms with van der Waals surface area (Å²) in [5.41, 5.74) is 0.883. The topological polar surface area (TPSA) is 49.9 Å². The fourth-order valence-electron chi connectivity index (χ4n) is 3.14. The van der Waals surface area contributed by atoms with Crippen LogP contribution in [0.3, 0.4) is 0 Å². The van der Waals surface area contributed by atoms with Gasteiger partial charge in [0.25, 0.3) is 5.91 Å². The Morgan fingerprint density at radius 3 is 2.46 bits per heavy atom. The number of carbonyl (C=O) groups excluding carboxylic acids is 2. The third-order valence-electron chi connectivity index (χ3n) is 4.84. The van der Waals surface area contributed by atoms with Crippen molar-refractivity contribution >= 4 is 17.5 Å². The van der Waals surface area contributed by atoms with Crippen molar-refractivity contribution in [2.45, 2.75) is 19.8 Å². The van der Waals surface area contributed by atoms with E-state index in [4.69, 9.17) is 4.74 Å². The van der Waals surface area contributed by atoms with E-state index >= 15 is 0 Å². The zero-order valence-corrected chi connectivity index (χ0v) is 16.0. The summed E-state index contributed by atoms with van der Waals surface area (Å²) < 4.78 is 18.8. The predicted octanol–water partition coefficient (Wildman–Crippen LogP) is 3.50. The molecule has 0 N–H and O–H groups in total. The molecule has 2 amide bonds. The van der Waals surface area contributed by atoms with Crippen LogP contribution < -0.4 is 9.64 Å². The monoisotopic (exact) mass is 384 g/mol. The second-order valence-corrected chi connectivity index (χ2v) is 6.89. The number of anilines is 1. The Hall–Kier alpha value is -2.89. The van der Waals surface area contributed by atoms with Crippen LogP contribution in [0.4, 0.5) is 10.1 Å². The molecule has 0 unspecified atom stereocenters. The minimum absolute atomic E-state index is 0.0405. The van der Waals surface area contributed by atoms with Gasteiger partial charge in [0.05, 0.1) is 5.92 Å². The Bertz CT molecular complexity index is 806. The molecular formula is C22H25FN2O3. The lowest BCUT2D eigenvalue weighted by Crippen LogP contribution is -2.57. The summed E-state index contributed by atoms with van der Waals surface area (Å²) in [6.45, 7) is 3.26. The van der Waals surface area contributed by atoms with E-state index in [2.05, 4.69) is 6.92 Å². The molecule has 3 rings (SSSR count). The number of para-hydroxylation sites is 2. The van der Waals surface area contributed by atoms with Crippen LogP contribution in [-0.4, -0.2) is 43.0 Å². The van der Waals surface area contributed by atoms with Gasteiger partial charge in [0.2, 0.25) is 5.91 Å². The van der Waals surface area contributed by atoms with Crippen LogP contribution >= 0.6 is 0 Å². The van der Waals surface area contributed by atoms with Crippen LogP contribution in [0.1, 0.15) is 19.8 Å². The quantitative estimate of drug-likeness (QED) is 0.700. The van der Waals surface area contributed by atoms with Gasteiger partial charge in [-0.05, 0) is 30.7 Å². The number of hydrogen-bond acceptors (Lipinski definition) is 3. The van der Waals surface area contributed by atoms with Gasteiger partial charge in [0.1, 0.15) is 0 Å². The molecule has 1 aliphatic heterocycles. The molecule has 0 saturated carbocycles. The van der Waals surface area contributed by atoms with Gasteiger partial charge in [-0.3, -0.25) is 9.59 Å². The zero-order chi connectivity index (χ0) is 19.9. The summed E-state index contributed by atoms with van der Waals surface area (Å²) in [5.74, 6) is -0.861. The van der Waals surface area contributed by atoms with Crippen molar-refractivity contribution in [3.63, 3.8) is 0 Å². The Kier molecular flexibility index (Phi) is 6.63. The highest BCUT2D eigenvalue weighted by Crippen LogP contribution is 2.24. The smallest absolute Gasteiger partial charge is 0.260 e. The van der Waals surface area contributed by atoms with Crippen molar-refractivity contribution in [1.82, 2.24) is 4.90 Å². The van der Waals surface area contributed by atoms with Gasteiger partial charge in [-0.1, -0.05) is 43.7 Å². The molecule has 6 heteroatoms. The van der Waals surface area contributed by atoms with Crippen molar-refractivity contribution in [3.8, 4) is 5.75 Å². The number of hydrogen-bond donors (Lipinski definition) is 0. The maximum absolute atomic E-state index is 13.6. The highest BCUT2D eigenvalue weighted by atomic mass is 19.1. The van der Waals surface area contributed by atoms with E-state index in [0.29, 0.717) is 19.6 Å². The molecule has 0 aliphatic carbocycles. The number of rotatable bonds is 8. The summed E-state index contributed by atoms with van der Waals surface area (Å²) >= 11 is 0. The number of amides is 2. The Morgan fingerprint density at radius 2 is 1.79 bits per heavy atom. The number of benzene rings is 2. The third-order valence-corrected chi connectivity index (χ3v) is 4.84. The Labute approximate surface area is 164 Å². The van der Waals surface area contributed by atoms with Gasteiger partial charge in [0, 0.05) is 25.3 Å². The molecule has 148 valence electrons. The molecule has 0 bridgehead atoms. The fraction of sp³-hybridized carbons (Fsp3) is 0.364. The summed E-state index contributed by atoms with van der Waals surface area (Å²) in [7, 11) is 0. The van der Waals surface area contributed by atoms with Crippen LogP contribution in [0, 0.1) is 11.7 Å². The largest absolute Gasteiger partial charge is 0.481 e. The molecule has 2 aromatic carbocycles. The first-order valence-corrected chi connectivity index (χ1v) is 9.61. The van der Waals surface area contributed by atoms with Crippen molar-refractivity contribution in [2.75, 3.05) is 31.1 Å². The maximum atomic E-state index is 13.6. The second kappa shape index (κ2) is 9.35. The minimum Gasteiger partial charge on any atom is -0.481 e. The van der Waals surface area contributed by atoms with E-state index in [1.54, 1.807) is 17.0 Å². The lowest BCUT2D eigenvalue weighted by Gasteiger charge is -2.40. The van der Waals surface area contributed by atoms with E-state index in [1.807, 2.05) is 35.2 Å². The van der Waals surface area contributed by atoms with E-state index in [9.17, 15) is 14.0 Å². The van der Waals surface area contributed by atoms with Gasteiger partial charge in [0.15, 0.2) is 18.2 Å². The van der Waals surface area contributed by atoms with Gasteiger partial charge in [-0.2, -0.15) is 0 Å². The van der Waals surface area contributed by atoms with E-state index in [-0.39, 0.29) is 30.1 Å². The van der Waals surface area contributed by atoms with Gasteiger partial charge in [-0.15, -0.1) is 0 Å². The fourth-order valence-corrected chi connectivity index (χ4v) is 3.14. The predicted molar refractivity (Wildman–Crippen MR) is 106 cm³/mol. The lowest BCUT2D eigenvalue weighted by molar-refractivity contribution is -0.143. The minimum atomic E-state index is -0.499. The van der Waals surface area contributed by atoms with E-state index in [1.165, 1.54) is 12.1 Å². The highest BCUT2D eigenvalue weighted by Gasteiger charge is 2.38. The second-order valence-electron chi connectivity index (χ2n) is 6.89. The molecule has 28 heavy (non-hydrogen) atoms. The van der Waals surface area contributed by atoms with E-state index < -0.39 is 5.82 Å². The first-order chi connectivity index (χ1) is 13.6. The SMILES string of the molecule is CCCCN(C(=O)C1CN(C(=O)COc2ccccc2F)C1)c1ccccc1. The first-order valence-electron chi connectivity index (χ1n) is 9.61. The van der Waals surface area contributed by atoms with Gasteiger partial charge in [-0.25, -0.2) is 4.39 Å². The summed E-state index contributed by atoms with van der Waals surface area (Å²) in [4.78, 5) is 28.6. The number of carbonyl (C=O) groups is 2. The number of unbranched alkanes of at least 4 members (excludes halogenated alkanes) is 1. The lowest BCUT2D eigenvalue weighted by atomic mass is 9.97. The highest BCUT2D eigenvalue weighted by molar-refractivity contribution is 5.97. The summed E-state index contributed by atoms with van der Waals surface area (Å²) in [6, 6.07) is 15.6. The van der Waals surface area contributed by atoms with Crippen LogP contribution in [0.5, 0.6) is 5.75 Å². The third kappa shape index (κ3) is 4.68. The van der Waals surface area contributed by atoms with Crippen molar-refractivity contribution in [3.05, 3.63) is 60.4 Å². The Morgan fingerprint density at radius 1 is 1.11 bits per heavy atom. The average Bonchev–Trinajstić information content (AvgIpc) is 2.67. The molecule has 2 aromatic rings. The molecular weight excluding hydrogens is 359 g/mol. The van der Waals surface area contributed by atoms with Crippen molar-refractivity contribution < 1.29 is 18.7 Å². The molecule has 1 aliphatic rings. The van der Waals surface area contributed by atoms with Gasteiger partial charge < -0.3 is 14.5 Å². The molecule has 0 aromatic heterocycles. The number of halogens is 1. The van der Waals surface area contributed by atoms with Crippen LogP contribution in [0.2, 0.25) is 0 Å². The Balaban J connectivity index is 1.53. The van der Waals surface area contributed by atoms with Crippen LogP contribution in [0.25, 0.3) is 0 Å². The summed E-state index contributed by atoms with van der Waals surface area (Å²) in [6.07, 6.45) is 1.92. The number of likely N-dealkylation sites (tertiary alicyclic amines) is 1. The standard InChI is InChI=1S/C22H25FN2O3/c1-2-3-13-25(18-9-5-4-6-10-18)22(27)17-14-24(15-17)21(26)16-28-20-12-8-7-11-19(20)23/h4-12,17H,2-3,13-16H2,1H3.